The number of carbonyl (C=O) groups excluding carboxylic acids is 1. The first-order valence-electron chi connectivity index (χ1n) is 9.47. The van der Waals surface area contributed by atoms with Crippen molar-refractivity contribution in [3.05, 3.63) is 29.8 Å². The largest absolute Gasteiger partial charge is 0.494 e. The average Bonchev–Trinajstić information content (AvgIpc) is 2.64. The van der Waals surface area contributed by atoms with Crippen LogP contribution in [-0.4, -0.2) is 18.7 Å². The summed E-state index contributed by atoms with van der Waals surface area (Å²) in [5.74, 6) is 0.464. The fourth-order valence-electron chi connectivity index (χ4n) is 3.47. The van der Waals surface area contributed by atoms with E-state index >= 15 is 0 Å². The van der Waals surface area contributed by atoms with Crippen LogP contribution in [0.3, 0.4) is 0 Å². The minimum Gasteiger partial charge on any atom is -0.494 e. The summed E-state index contributed by atoms with van der Waals surface area (Å²) in [5, 5.41) is 9.59. The Morgan fingerprint density at radius 1 is 1.20 bits per heavy atom. The number of rotatable bonds is 8. The van der Waals surface area contributed by atoms with E-state index in [0.717, 1.165) is 44.3 Å². The minimum absolute atomic E-state index is 0.0771. The van der Waals surface area contributed by atoms with Crippen LogP contribution < -0.4 is 4.74 Å². The lowest BCUT2D eigenvalue weighted by Crippen LogP contribution is -2.31. The van der Waals surface area contributed by atoms with E-state index in [1.807, 2.05) is 6.92 Å². The molecule has 1 fully saturated rings. The maximum atomic E-state index is 12.3. The summed E-state index contributed by atoms with van der Waals surface area (Å²) in [5.41, 5.74) is 0.334. The third-order valence-corrected chi connectivity index (χ3v) is 5.06. The summed E-state index contributed by atoms with van der Waals surface area (Å²) in [4.78, 5) is 12.3. The predicted molar refractivity (Wildman–Crippen MR) is 97.5 cm³/mol. The Labute approximate surface area is 151 Å². The number of nitrogens with zero attached hydrogens (tertiary/aromatic N) is 1. The molecule has 0 spiro atoms. The minimum atomic E-state index is -0.288. The van der Waals surface area contributed by atoms with Crippen molar-refractivity contribution in [2.24, 2.45) is 5.41 Å². The van der Waals surface area contributed by atoms with E-state index in [9.17, 15) is 10.1 Å². The molecule has 0 aromatic heterocycles. The number of hydrogen-bond donors (Lipinski definition) is 0. The molecule has 1 aliphatic rings. The molecule has 1 aromatic carbocycles. The van der Waals surface area contributed by atoms with E-state index in [-0.39, 0.29) is 17.5 Å². The first-order chi connectivity index (χ1) is 12.1. The molecule has 0 amide bonds. The summed E-state index contributed by atoms with van der Waals surface area (Å²) < 4.78 is 11.0. The Hall–Kier alpha value is -2.02. The van der Waals surface area contributed by atoms with Crippen LogP contribution in [0.1, 0.15) is 75.6 Å². The van der Waals surface area contributed by atoms with Crippen LogP contribution in [0.4, 0.5) is 0 Å². The van der Waals surface area contributed by atoms with Gasteiger partial charge in [0.1, 0.15) is 11.9 Å². The van der Waals surface area contributed by atoms with Gasteiger partial charge in [0, 0.05) is 0 Å². The van der Waals surface area contributed by atoms with Crippen molar-refractivity contribution in [3.8, 4) is 11.8 Å². The van der Waals surface area contributed by atoms with Gasteiger partial charge in [-0.2, -0.15) is 5.26 Å². The van der Waals surface area contributed by atoms with Crippen LogP contribution in [0.15, 0.2) is 24.3 Å². The zero-order valence-electron chi connectivity index (χ0n) is 15.4. The van der Waals surface area contributed by atoms with Gasteiger partial charge in [-0.05, 0) is 63.3 Å². The molecule has 0 radical (unpaired) electrons. The molecule has 1 aromatic rings. The molecule has 4 heteroatoms. The maximum absolute atomic E-state index is 12.3. The SMILES string of the molecule is CCCCCC1(C#N)CCC(OC(=O)c2ccc(OCC)cc2)CC1. The molecule has 136 valence electrons. The summed E-state index contributed by atoms with van der Waals surface area (Å²) in [7, 11) is 0. The maximum Gasteiger partial charge on any atom is 0.338 e. The number of esters is 1. The van der Waals surface area contributed by atoms with Gasteiger partial charge < -0.3 is 9.47 Å². The predicted octanol–water partition coefficient (Wildman–Crippen LogP) is 5.27. The van der Waals surface area contributed by atoms with Gasteiger partial charge in [-0.3, -0.25) is 0 Å². The van der Waals surface area contributed by atoms with Gasteiger partial charge in [0.2, 0.25) is 0 Å². The Morgan fingerprint density at radius 3 is 2.44 bits per heavy atom. The smallest absolute Gasteiger partial charge is 0.338 e. The molecular formula is C21H29NO3. The van der Waals surface area contributed by atoms with Crippen molar-refractivity contribution in [1.29, 1.82) is 5.26 Å². The van der Waals surface area contributed by atoms with E-state index in [2.05, 4.69) is 13.0 Å². The number of benzene rings is 1. The van der Waals surface area contributed by atoms with Crippen LogP contribution in [0.2, 0.25) is 0 Å². The monoisotopic (exact) mass is 343 g/mol. The number of unbranched alkanes of at least 4 members (excludes halogenated alkanes) is 2. The van der Waals surface area contributed by atoms with Crippen LogP contribution in [0.5, 0.6) is 5.75 Å². The van der Waals surface area contributed by atoms with Crippen molar-refractivity contribution in [2.75, 3.05) is 6.61 Å². The molecule has 0 saturated heterocycles. The van der Waals surface area contributed by atoms with Gasteiger partial charge in [0.05, 0.1) is 23.7 Å². The second-order valence-corrected chi connectivity index (χ2v) is 6.91. The lowest BCUT2D eigenvalue weighted by Gasteiger charge is -2.34. The standard InChI is InChI=1S/C21H29NO3/c1-3-5-6-13-21(16-22)14-11-19(12-15-21)25-20(23)17-7-9-18(10-8-17)24-4-2/h7-10,19H,3-6,11-15H2,1-2H3. The first-order valence-corrected chi connectivity index (χ1v) is 9.47. The summed E-state index contributed by atoms with van der Waals surface area (Å²) >= 11 is 0. The van der Waals surface area contributed by atoms with Gasteiger partial charge in [-0.15, -0.1) is 0 Å². The molecule has 2 rings (SSSR count). The van der Waals surface area contributed by atoms with Crippen LogP contribution in [0, 0.1) is 16.7 Å². The fourth-order valence-corrected chi connectivity index (χ4v) is 3.47. The molecule has 0 heterocycles. The molecule has 0 bridgehead atoms. The molecule has 1 saturated carbocycles. The Bertz CT molecular complexity index is 580. The van der Waals surface area contributed by atoms with Gasteiger partial charge in [0.15, 0.2) is 0 Å². The highest BCUT2D eigenvalue weighted by atomic mass is 16.5. The number of carbonyl (C=O) groups is 1. The number of hydrogen-bond acceptors (Lipinski definition) is 4. The van der Waals surface area contributed by atoms with E-state index in [0.29, 0.717) is 12.2 Å². The highest BCUT2D eigenvalue weighted by Crippen LogP contribution is 2.41. The molecule has 1 aliphatic carbocycles. The molecule has 4 nitrogen and oxygen atoms in total. The first kappa shape index (κ1) is 19.3. The summed E-state index contributed by atoms with van der Waals surface area (Å²) in [6.07, 6.45) is 7.57. The van der Waals surface area contributed by atoms with Gasteiger partial charge >= 0.3 is 5.97 Å². The quantitative estimate of drug-likeness (QED) is 0.476. The van der Waals surface area contributed by atoms with Crippen LogP contribution in [0.25, 0.3) is 0 Å². The third kappa shape index (κ3) is 5.49. The Morgan fingerprint density at radius 2 is 1.88 bits per heavy atom. The van der Waals surface area contributed by atoms with Crippen molar-refractivity contribution < 1.29 is 14.3 Å². The zero-order chi connectivity index (χ0) is 18.1. The van der Waals surface area contributed by atoms with Crippen LogP contribution in [-0.2, 0) is 4.74 Å². The van der Waals surface area contributed by atoms with Crippen molar-refractivity contribution in [1.82, 2.24) is 0 Å². The topological polar surface area (TPSA) is 59.3 Å². The molecule has 25 heavy (non-hydrogen) atoms. The van der Waals surface area contributed by atoms with E-state index < -0.39 is 0 Å². The summed E-state index contributed by atoms with van der Waals surface area (Å²) in [6, 6.07) is 9.59. The van der Waals surface area contributed by atoms with Crippen molar-refractivity contribution >= 4 is 5.97 Å². The zero-order valence-corrected chi connectivity index (χ0v) is 15.4. The van der Waals surface area contributed by atoms with E-state index in [1.165, 1.54) is 12.8 Å². The van der Waals surface area contributed by atoms with Crippen molar-refractivity contribution in [3.63, 3.8) is 0 Å². The lowest BCUT2D eigenvalue weighted by atomic mass is 9.71. The van der Waals surface area contributed by atoms with E-state index in [1.54, 1.807) is 24.3 Å². The average molecular weight is 343 g/mol. The Kier molecular flexibility index (Phi) is 7.31. The van der Waals surface area contributed by atoms with Crippen LogP contribution >= 0.6 is 0 Å². The van der Waals surface area contributed by atoms with Crippen molar-refractivity contribution in [2.45, 2.75) is 71.3 Å². The second kappa shape index (κ2) is 9.46. The molecular weight excluding hydrogens is 314 g/mol. The van der Waals surface area contributed by atoms with Gasteiger partial charge in [-0.25, -0.2) is 4.79 Å². The molecule has 0 N–H and O–H groups in total. The molecule has 0 unspecified atom stereocenters. The highest BCUT2D eigenvalue weighted by Gasteiger charge is 2.36. The third-order valence-electron chi connectivity index (χ3n) is 5.06. The van der Waals surface area contributed by atoms with Gasteiger partial charge in [-0.1, -0.05) is 26.2 Å². The van der Waals surface area contributed by atoms with Gasteiger partial charge in [0.25, 0.3) is 0 Å². The lowest BCUT2D eigenvalue weighted by molar-refractivity contribution is 0.0105. The second-order valence-electron chi connectivity index (χ2n) is 6.91. The van der Waals surface area contributed by atoms with E-state index in [4.69, 9.17) is 9.47 Å². The molecule has 0 aliphatic heterocycles. The normalized spacial score (nSPS) is 22.8. The Balaban J connectivity index is 1.84. The highest BCUT2D eigenvalue weighted by molar-refractivity contribution is 5.89. The number of ether oxygens (including phenoxy) is 2. The molecule has 0 atom stereocenters. The number of nitriles is 1. The summed E-state index contributed by atoms with van der Waals surface area (Å²) in [6.45, 7) is 4.70. The fraction of sp³-hybridized carbons (Fsp3) is 0.619.